The Hall–Kier alpha value is -2.49. The fourth-order valence-electron chi connectivity index (χ4n) is 5.38. The van der Waals surface area contributed by atoms with Gasteiger partial charge in [0.05, 0.1) is 37.7 Å². The first kappa shape index (κ1) is 30.2. The smallest absolute Gasteiger partial charge is 0.325 e. The first-order chi connectivity index (χ1) is 20.9. The number of imidazole rings is 2. The average Bonchev–Trinajstić information content (AvgIpc) is 3.72. The van der Waals surface area contributed by atoms with E-state index in [9.17, 15) is 19.7 Å². The number of H-pyrrole nitrogens is 1. The Kier molecular flexibility index (Phi) is 7.61. The lowest BCUT2D eigenvalue weighted by Gasteiger charge is -2.28. The number of aliphatic hydroxyl groups is 1. The minimum absolute atomic E-state index is 0.00399. The summed E-state index contributed by atoms with van der Waals surface area (Å²) < 4.78 is 37.9. The van der Waals surface area contributed by atoms with Gasteiger partial charge in [0.1, 0.15) is 29.9 Å². The van der Waals surface area contributed by atoms with E-state index in [2.05, 4.69) is 24.9 Å². The summed E-state index contributed by atoms with van der Waals surface area (Å²) in [7, 11) is 0. The third-order valence-corrected chi connectivity index (χ3v) is 10.4. The molecule has 44 heavy (non-hydrogen) atoms. The van der Waals surface area contributed by atoms with Crippen LogP contribution in [0.25, 0.3) is 22.3 Å². The van der Waals surface area contributed by atoms with Gasteiger partial charge in [-0.3, -0.25) is 23.4 Å². The zero-order valence-electron chi connectivity index (χ0n) is 22.2. The number of rotatable bonds is 2. The molecular formula is C21H25N9O10P2S2. The van der Waals surface area contributed by atoms with Crippen LogP contribution in [-0.2, 0) is 51.2 Å². The molecule has 2 unspecified atom stereocenters. The summed E-state index contributed by atoms with van der Waals surface area (Å²) >= 11 is 10.6. The van der Waals surface area contributed by atoms with Gasteiger partial charge in [-0.2, -0.15) is 4.98 Å². The van der Waals surface area contributed by atoms with Crippen molar-refractivity contribution in [1.82, 2.24) is 34.1 Å². The van der Waals surface area contributed by atoms with Crippen LogP contribution in [0.3, 0.4) is 0 Å². The van der Waals surface area contributed by atoms with Gasteiger partial charge >= 0.3 is 13.4 Å². The van der Waals surface area contributed by atoms with Gasteiger partial charge in [-0.05, 0) is 29.7 Å². The molecule has 8 N–H and O–H groups in total. The second-order valence-corrected chi connectivity index (χ2v) is 15.8. The van der Waals surface area contributed by atoms with Crippen LogP contribution in [0.1, 0.15) is 18.9 Å². The van der Waals surface area contributed by atoms with Crippen molar-refractivity contribution in [2.24, 2.45) is 0 Å². The predicted molar refractivity (Wildman–Crippen MR) is 158 cm³/mol. The van der Waals surface area contributed by atoms with Crippen molar-refractivity contribution in [2.45, 2.75) is 49.4 Å². The number of pyridine rings is 1. The number of hydrogen-bond donors (Lipinski definition) is 6. The van der Waals surface area contributed by atoms with Crippen molar-refractivity contribution < 1.29 is 42.5 Å². The molecule has 23 heteroatoms. The van der Waals surface area contributed by atoms with E-state index in [1.165, 1.54) is 28.0 Å². The summed E-state index contributed by atoms with van der Waals surface area (Å²) in [4.78, 5) is 53.6. The monoisotopic (exact) mass is 689 g/mol. The number of ether oxygens (including phenoxy) is 2. The van der Waals surface area contributed by atoms with Gasteiger partial charge in [0, 0.05) is 12.6 Å². The average molecular weight is 690 g/mol. The second kappa shape index (κ2) is 11.1. The van der Waals surface area contributed by atoms with E-state index in [-0.39, 0.29) is 30.1 Å². The van der Waals surface area contributed by atoms with Crippen molar-refractivity contribution in [2.75, 3.05) is 24.7 Å². The molecule has 7 rings (SSSR count). The Balaban J connectivity index is 1.19. The van der Waals surface area contributed by atoms with Gasteiger partial charge in [0.2, 0.25) is 5.95 Å². The number of aromatic amines is 1. The van der Waals surface area contributed by atoms with Crippen LogP contribution in [0.5, 0.6) is 0 Å². The van der Waals surface area contributed by atoms with Crippen LogP contribution in [0, 0.1) is 0 Å². The van der Waals surface area contributed by atoms with Crippen molar-refractivity contribution in [3.05, 3.63) is 35.3 Å². The topological polar surface area (TPSA) is 262 Å². The maximum absolute atomic E-state index is 12.3. The quantitative estimate of drug-likeness (QED) is 0.145. The van der Waals surface area contributed by atoms with Gasteiger partial charge in [-0.15, -0.1) is 0 Å². The normalized spacial score (nSPS) is 36.6. The van der Waals surface area contributed by atoms with Crippen LogP contribution in [0.15, 0.2) is 29.7 Å². The first-order valence-corrected chi connectivity index (χ1v) is 18.2. The highest BCUT2D eigenvalue weighted by Crippen LogP contribution is 2.54. The van der Waals surface area contributed by atoms with Crippen LogP contribution in [0.4, 0.5) is 11.6 Å². The number of nitrogens with one attached hydrogen (secondary N) is 1. The molecule has 19 nitrogen and oxygen atoms in total. The number of anilines is 2. The molecule has 0 aliphatic carbocycles. The maximum Gasteiger partial charge on any atom is 0.325 e. The molecule has 0 spiro atoms. The third kappa shape index (κ3) is 5.47. The zero-order chi connectivity index (χ0) is 31.0. The molecule has 0 saturated carbocycles. The minimum Gasteiger partial charge on any atom is -0.397 e. The van der Waals surface area contributed by atoms with E-state index >= 15 is 0 Å². The molecule has 4 aromatic rings. The van der Waals surface area contributed by atoms with E-state index in [1.807, 2.05) is 0 Å². The Morgan fingerprint density at radius 2 is 1.64 bits per heavy atom. The zero-order valence-corrected chi connectivity index (χ0v) is 25.6. The molecule has 0 aromatic carbocycles. The molecule has 7 heterocycles. The number of hydrogen-bond acceptors (Lipinski definition) is 16. The SMILES string of the molecule is Nc1nc2c(ncn2[C@@H]2O[C@@H]3COP(O)(=S)O[C@@H]4[C@@H](O)[C@H](n5cnc6c(N)ccnc65)O[C@@H]4COP(O)(=S)O[C@@H]2C3)c(=O)[nH]1. The molecule has 0 amide bonds. The highest BCUT2D eigenvalue weighted by atomic mass is 32.5. The molecule has 4 aromatic heterocycles. The lowest BCUT2D eigenvalue weighted by molar-refractivity contribution is -0.0603. The summed E-state index contributed by atoms with van der Waals surface area (Å²) in [6, 6.07) is 1.58. The Labute approximate surface area is 256 Å². The molecular weight excluding hydrogens is 664 g/mol. The van der Waals surface area contributed by atoms with Crippen LogP contribution in [-0.4, -0.2) is 92.7 Å². The molecule has 236 valence electrons. The number of nitrogens with zero attached hydrogens (tertiary/aromatic N) is 6. The van der Waals surface area contributed by atoms with Gasteiger partial charge < -0.3 is 49.4 Å². The molecule has 3 saturated heterocycles. The molecule has 0 radical (unpaired) electrons. The molecule has 3 aliphatic heterocycles. The Morgan fingerprint density at radius 3 is 2.43 bits per heavy atom. The van der Waals surface area contributed by atoms with Crippen LogP contribution >= 0.6 is 13.4 Å². The van der Waals surface area contributed by atoms with E-state index < -0.39 is 68.6 Å². The van der Waals surface area contributed by atoms with Crippen molar-refractivity contribution >= 4 is 71.0 Å². The summed E-state index contributed by atoms with van der Waals surface area (Å²) in [6.45, 7) is -8.76. The maximum atomic E-state index is 12.3. The lowest BCUT2D eigenvalue weighted by Crippen LogP contribution is -2.36. The molecule has 9 atom stereocenters. The Bertz CT molecular complexity index is 1910. The van der Waals surface area contributed by atoms with Crippen molar-refractivity contribution in [3.8, 4) is 0 Å². The predicted octanol–water partition coefficient (Wildman–Crippen LogP) is -0.475. The van der Waals surface area contributed by atoms with Crippen molar-refractivity contribution in [3.63, 3.8) is 0 Å². The minimum atomic E-state index is -4.03. The number of nitrogen functional groups attached to an aromatic ring is 2. The van der Waals surface area contributed by atoms with Gasteiger partial charge in [-0.1, -0.05) is 0 Å². The van der Waals surface area contributed by atoms with Crippen LogP contribution < -0.4 is 17.0 Å². The van der Waals surface area contributed by atoms with Gasteiger partial charge in [0.15, 0.2) is 29.3 Å². The van der Waals surface area contributed by atoms with Gasteiger partial charge in [-0.25, -0.2) is 15.0 Å². The Morgan fingerprint density at radius 1 is 0.932 bits per heavy atom. The summed E-state index contributed by atoms with van der Waals surface area (Å²) in [5.41, 5.74) is 12.3. The molecule has 3 aliphatic rings. The second-order valence-electron chi connectivity index (χ2n) is 10.2. The number of aliphatic hydroxyl groups excluding tert-OH is 1. The van der Waals surface area contributed by atoms with E-state index in [0.717, 1.165) is 0 Å². The summed E-state index contributed by atoms with van der Waals surface area (Å²) in [5.74, 6) is -0.148. The highest BCUT2D eigenvalue weighted by Gasteiger charge is 2.50. The first-order valence-electron chi connectivity index (χ1n) is 13.0. The largest absolute Gasteiger partial charge is 0.397 e. The summed E-state index contributed by atoms with van der Waals surface area (Å²) in [6.07, 6.45) is -3.44. The third-order valence-electron chi connectivity index (χ3n) is 7.29. The summed E-state index contributed by atoms with van der Waals surface area (Å²) in [5, 5.41) is 11.3. The molecule has 2 bridgehead atoms. The number of aromatic nitrogens is 7. The lowest BCUT2D eigenvalue weighted by atomic mass is 10.1. The number of nitrogens with two attached hydrogens (primary N) is 2. The van der Waals surface area contributed by atoms with E-state index in [1.54, 1.807) is 6.07 Å². The fourth-order valence-corrected chi connectivity index (χ4v) is 8.28. The van der Waals surface area contributed by atoms with E-state index in [4.69, 9.17) is 62.6 Å². The standard InChI is InChI=1S/C21H25N9O10P2S2/c22-9-1-2-24-16-12(9)25-6-29(16)20-14(31)15-11(38-20)5-36-41(33,43)39-10-3-8(4-35-42(34,44)40-15)37-19(10)30-7-26-13-17(30)27-21(23)28-18(13)32/h1-2,6-8,10-11,14-15,19-20,31H,3-5H2,(H2,22,24)(H,33,43)(H,34,44)(H3,23,27,28,32)/t8-,10+,11+,14+,15-,19+,20+,41?,42?/m0/s1. The van der Waals surface area contributed by atoms with Crippen molar-refractivity contribution in [1.29, 1.82) is 0 Å². The highest BCUT2D eigenvalue weighted by molar-refractivity contribution is 8.07. The number of fused-ring (bicyclic) bond motifs is 5. The fraction of sp³-hybridized carbons (Fsp3) is 0.476. The van der Waals surface area contributed by atoms with Gasteiger partial charge in [0.25, 0.3) is 5.56 Å². The van der Waals surface area contributed by atoms with E-state index in [0.29, 0.717) is 16.9 Å². The van der Waals surface area contributed by atoms with Crippen LogP contribution in [0.2, 0.25) is 0 Å². The molecule has 3 fully saturated rings.